The van der Waals surface area contributed by atoms with Gasteiger partial charge in [-0.1, -0.05) is 15.9 Å². The second kappa shape index (κ2) is 4.16. The summed E-state index contributed by atoms with van der Waals surface area (Å²) < 4.78 is 22.9. The van der Waals surface area contributed by atoms with Crippen molar-refractivity contribution in [3.8, 4) is 0 Å². The van der Waals surface area contributed by atoms with Crippen molar-refractivity contribution >= 4 is 21.8 Å². The lowest BCUT2D eigenvalue weighted by Crippen LogP contribution is -2.41. The van der Waals surface area contributed by atoms with Gasteiger partial charge in [0.1, 0.15) is 0 Å². The molecule has 0 aliphatic carbocycles. The molecule has 0 atom stereocenters. The highest BCUT2D eigenvalue weighted by molar-refractivity contribution is 9.10. The zero-order valence-electron chi connectivity index (χ0n) is 7.27. The third-order valence-electron chi connectivity index (χ3n) is 1.27. The van der Waals surface area contributed by atoms with Gasteiger partial charge in [-0.15, -0.1) is 0 Å². The Morgan fingerprint density at radius 3 is 2.25 bits per heavy atom. The molecule has 0 heterocycles. The van der Waals surface area contributed by atoms with E-state index in [0.717, 1.165) is 4.90 Å². The molecule has 0 N–H and O–H groups in total. The van der Waals surface area contributed by atoms with Crippen molar-refractivity contribution in [2.75, 3.05) is 13.6 Å². The molecular formula is C7H12BrF2NO. The minimum atomic E-state index is -2.48. The highest BCUT2D eigenvalue weighted by Gasteiger charge is 2.28. The molecule has 2 nitrogen and oxygen atoms in total. The van der Waals surface area contributed by atoms with Crippen LogP contribution in [0.25, 0.3) is 0 Å². The molecule has 0 radical (unpaired) electrons. The number of carbonyl (C=O) groups excluding carboxylic acids is 1. The summed E-state index contributed by atoms with van der Waals surface area (Å²) >= 11 is 3.10. The van der Waals surface area contributed by atoms with E-state index in [-0.39, 0.29) is 5.91 Å². The van der Waals surface area contributed by atoms with Gasteiger partial charge in [0, 0.05) is 7.05 Å². The van der Waals surface area contributed by atoms with Gasteiger partial charge in [-0.25, -0.2) is 8.78 Å². The second-order valence-corrected chi connectivity index (χ2v) is 5.03. The Hall–Kier alpha value is -0.190. The van der Waals surface area contributed by atoms with Gasteiger partial charge in [-0.05, 0) is 13.8 Å². The van der Waals surface area contributed by atoms with Crippen molar-refractivity contribution in [2.24, 2.45) is 0 Å². The quantitative estimate of drug-likeness (QED) is 0.694. The summed E-state index contributed by atoms with van der Waals surface area (Å²) in [6.07, 6.45) is -2.48. The van der Waals surface area contributed by atoms with Crippen LogP contribution in [-0.4, -0.2) is 35.1 Å². The predicted octanol–water partition coefficient (Wildman–Crippen LogP) is 1.88. The third-order valence-corrected chi connectivity index (χ3v) is 1.61. The summed E-state index contributed by atoms with van der Waals surface area (Å²) in [6.45, 7) is 2.72. The van der Waals surface area contributed by atoms with Crippen molar-refractivity contribution in [1.82, 2.24) is 4.90 Å². The average molecular weight is 244 g/mol. The monoisotopic (exact) mass is 243 g/mol. The molecule has 0 rings (SSSR count). The molecule has 0 saturated carbocycles. The Bertz CT molecular complexity index is 167. The number of carbonyl (C=O) groups is 1. The number of hydrogen-bond donors (Lipinski definition) is 0. The lowest BCUT2D eigenvalue weighted by atomic mass is 10.2. The molecule has 0 aromatic heterocycles. The minimum Gasteiger partial charge on any atom is -0.339 e. The van der Waals surface area contributed by atoms with Crippen LogP contribution in [-0.2, 0) is 4.79 Å². The number of amides is 1. The number of halogens is 3. The van der Waals surface area contributed by atoms with E-state index in [1.165, 1.54) is 7.05 Å². The van der Waals surface area contributed by atoms with Crippen LogP contribution in [0.2, 0.25) is 0 Å². The molecule has 0 bridgehead atoms. The van der Waals surface area contributed by atoms with Crippen LogP contribution in [0.3, 0.4) is 0 Å². The molecule has 0 fully saturated rings. The van der Waals surface area contributed by atoms with Crippen LogP contribution in [0.15, 0.2) is 0 Å². The van der Waals surface area contributed by atoms with Crippen LogP contribution in [0.1, 0.15) is 13.8 Å². The molecule has 0 aromatic carbocycles. The van der Waals surface area contributed by atoms with Gasteiger partial charge in [0.15, 0.2) is 0 Å². The molecule has 1 amide bonds. The topological polar surface area (TPSA) is 20.3 Å². The first-order valence-electron chi connectivity index (χ1n) is 3.47. The Kier molecular flexibility index (Phi) is 4.10. The molecule has 0 spiro atoms. The summed E-state index contributed by atoms with van der Waals surface area (Å²) in [6, 6.07) is 0. The zero-order chi connectivity index (χ0) is 9.94. The van der Waals surface area contributed by atoms with E-state index in [1.807, 2.05) is 0 Å². The SMILES string of the molecule is CN(CC(F)F)C(=O)C(C)(C)Br. The third kappa shape index (κ3) is 3.99. The fourth-order valence-electron chi connectivity index (χ4n) is 0.744. The van der Waals surface area contributed by atoms with Crippen LogP contribution >= 0.6 is 15.9 Å². The standard InChI is InChI=1S/C7H12BrF2NO/c1-7(2,8)6(12)11(3)4-5(9)10/h5H,4H2,1-3H3. The average Bonchev–Trinajstić information content (AvgIpc) is 1.82. The summed E-state index contributed by atoms with van der Waals surface area (Å²) in [5.41, 5.74) is 0. The smallest absolute Gasteiger partial charge is 0.255 e. The van der Waals surface area contributed by atoms with E-state index in [2.05, 4.69) is 15.9 Å². The number of rotatable bonds is 3. The van der Waals surface area contributed by atoms with Crippen molar-refractivity contribution in [1.29, 1.82) is 0 Å². The van der Waals surface area contributed by atoms with Gasteiger partial charge < -0.3 is 4.90 Å². The van der Waals surface area contributed by atoms with Crippen molar-refractivity contribution in [2.45, 2.75) is 24.6 Å². The highest BCUT2D eigenvalue weighted by atomic mass is 79.9. The Morgan fingerprint density at radius 2 is 2.00 bits per heavy atom. The minimum absolute atomic E-state index is 0.345. The van der Waals surface area contributed by atoms with E-state index < -0.39 is 17.3 Å². The molecule has 0 aliphatic rings. The fourth-order valence-corrected chi connectivity index (χ4v) is 1.05. The van der Waals surface area contributed by atoms with Crippen molar-refractivity contribution in [3.63, 3.8) is 0 Å². The van der Waals surface area contributed by atoms with Gasteiger partial charge in [-0.3, -0.25) is 4.79 Å². The molecule has 0 unspecified atom stereocenters. The maximum Gasteiger partial charge on any atom is 0.255 e. The lowest BCUT2D eigenvalue weighted by molar-refractivity contribution is -0.133. The second-order valence-electron chi connectivity index (χ2n) is 3.05. The summed E-state index contributed by atoms with van der Waals surface area (Å²) in [5.74, 6) is -0.345. The maximum absolute atomic E-state index is 11.8. The van der Waals surface area contributed by atoms with Gasteiger partial charge in [0.05, 0.1) is 10.9 Å². The zero-order valence-corrected chi connectivity index (χ0v) is 8.86. The van der Waals surface area contributed by atoms with Gasteiger partial charge >= 0.3 is 0 Å². The van der Waals surface area contributed by atoms with Crippen LogP contribution < -0.4 is 0 Å². The number of nitrogens with zero attached hydrogens (tertiary/aromatic N) is 1. The first kappa shape index (κ1) is 11.8. The largest absolute Gasteiger partial charge is 0.339 e. The van der Waals surface area contributed by atoms with E-state index in [4.69, 9.17) is 0 Å². The van der Waals surface area contributed by atoms with Crippen molar-refractivity contribution < 1.29 is 13.6 Å². The van der Waals surface area contributed by atoms with Crippen molar-refractivity contribution in [3.05, 3.63) is 0 Å². The molecule has 12 heavy (non-hydrogen) atoms. The Balaban J connectivity index is 4.12. The van der Waals surface area contributed by atoms with E-state index in [1.54, 1.807) is 13.8 Å². The molecule has 0 saturated heterocycles. The highest BCUT2D eigenvalue weighted by Crippen LogP contribution is 2.18. The first-order valence-corrected chi connectivity index (χ1v) is 4.27. The van der Waals surface area contributed by atoms with Gasteiger partial charge in [0.25, 0.3) is 6.43 Å². The first-order chi connectivity index (χ1) is 5.25. The molecular weight excluding hydrogens is 232 g/mol. The molecule has 0 aromatic rings. The lowest BCUT2D eigenvalue weighted by Gasteiger charge is -2.23. The Morgan fingerprint density at radius 1 is 1.58 bits per heavy atom. The molecule has 72 valence electrons. The van der Waals surface area contributed by atoms with E-state index >= 15 is 0 Å². The van der Waals surface area contributed by atoms with Gasteiger partial charge in [-0.2, -0.15) is 0 Å². The van der Waals surface area contributed by atoms with Gasteiger partial charge in [0.2, 0.25) is 5.91 Å². The van der Waals surface area contributed by atoms with Crippen LogP contribution in [0.5, 0.6) is 0 Å². The van der Waals surface area contributed by atoms with E-state index in [0.29, 0.717) is 0 Å². The van der Waals surface area contributed by atoms with Crippen LogP contribution in [0, 0.1) is 0 Å². The predicted molar refractivity (Wildman–Crippen MR) is 46.6 cm³/mol. The summed E-state index contributed by atoms with van der Waals surface area (Å²) in [5, 5.41) is 0. The summed E-state index contributed by atoms with van der Waals surface area (Å²) in [7, 11) is 1.36. The van der Waals surface area contributed by atoms with Crippen LogP contribution in [0.4, 0.5) is 8.78 Å². The fraction of sp³-hybridized carbons (Fsp3) is 0.857. The normalized spacial score (nSPS) is 11.9. The van der Waals surface area contributed by atoms with E-state index in [9.17, 15) is 13.6 Å². The number of alkyl halides is 3. The molecule has 0 aliphatic heterocycles. The summed E-state index contributed by atoms with van der Waals surface area (Å²) in [4.78, 5) is 12.3. The molecule has 5 heteroatoms. The number of hydrogen-bond acceptors (Lipinski definition) is 1. The maximum atomic E-state index is 11.8. The Labute approximate surface area is 79.0 Å².